The first-order valence-corrected chi connectivity index (χ1v) is 7.12. The number of carbonyl (C=O) groups excluding carboxylic acids is 1. The van der Waals surface area contributed by atoms with Gasteiger partial charge in [0.2, 0.25) is 0 Å². The van der Waals surface area contributed by atoms with E-state index in [1.54, 1.807) is 18.9 Å². The highest BCUT2D eigenvalue weighted by molar-refractivity contribution is 8.00. The van der Waals surface area contributed by atoms with E-state index in [9.17, 15) is 4.79 Å². The largest absolute Gasteiger partial charge is 0.384 e. The predicted molar refractivity (Wildman–Crippen MR) is 74.0 cm³/mol. The average molecular weight is 252 g/mol. The second-order valence-electron chi connectivity index (χ2n) is 3.92. The summed E-state index contributed by atoms with van der Waals surface area (Å²) in [6, 6.07) is 7.97. The summed E-state index contributed by atoms with van der Waals surface area (Å²) in [5, 5.41) is 0. The molecule has 94 valence electrons. The molecule has 1 rings (SSSR count). The second kappa shape index (κ2) is 8.31. The summed E-state index contributed by atoms with van der Waals surface area (Å²) in [5.41, 5.74) is 2.12. The van der Waals surface area contributed by atoms with E-state index in [2.05, 4.69) is 19.1 Å². The lowest BCUT2D eigenvalue weighted by molar-refractivity contribution is 0.102. The molecule has 0 spiro atoms. The van der Waals surface area contributed by atoms with Gasteiger partial charge in [0, 0.05) is 18.4 Å². The molecule has 1 aromatic rings. The molecule has 0 aromatic heterocycles. The van der Waals surface area contributed by atoms with Gasteiger partial charge in [0.05, 0.1) is 12.4 Å². The van der Waals surface area contributed by atoms with Gasteiger partial charge < -0.3 is 4.74 Å². The van der Waals surface area contributed by atoms with Crippen LogP contribution < -0.4 is 0 Å². The standard InChI is InChI=1S/C14H20O2S/c1-3-4-12-5-7-13(8-6-12)14(15)11-17-10-9-16-2/h5-8H,3-4,9-11H2,1-2H3. The summed E-state index contributed by atoms with van der Waals surface area (Å²) in [7, 11) is 1.68. The maximum atomic E-state index is 11.8. The summed E-state index contributed by atoms with van der Waals surface area (Å²) in [6.45, 7) is 2.86. The molecule has 0 saturated carbocycles. The zero-order valence-electron chi connectivity index (χ0n) is 10.6. The lowest BCUT2D eigenvalue weighted by atomic mass is 10.1. The molecule has 0 unspecified atom stereocenters. The Hall–Kier alpha value is -0.800. The lowest BCUT2D eigenvalue weighted by Crippen LogP contribution is -2.04. The molecule has 1 aromatic carbocycles. The van der Waals surface area contributed by atoms with E-state index in [0.29, 0.717) is 12.4 Å². The first-order valence-electron chi connectivity index (χ1n) is 5.96. The third-order valence-corrected chi connectivity index (χ3v) is 3.40. The van der Waals surface area contributed by atoms with E-state index in [1.165, 1.54) is 5.56 Å². The Labute approximate surface area is 108 Å². The molecule has 0 saturated heterocycles. The van der Waals surface area contributed by atoms with Crippen LogP contribution in [0.25, 0.3) is 0 Å². The second-order valence-corrected chi connectivity index (χ2v) is 5.02. The van der Waals surface area contributed by atoms with Crippen molar-refractivity contribution < 1.29 is 9.53 Å². The molecule has 3 heteroatoms. The highest BCUT2D eigenvalue weighted by Gasteiger charge is 2.05. The molecule has 0 fully saturated rings. The smallest absolute Gasteiger partial charge is 0.172 e. The van der Waals surface area contributed by atoms with E-state index in [1.807, 2.05) is 12.1 Å². The van der Waals surface area contributed by atoms with Crippen LogP contribution in [0.2, 0.25) is 0 Å². The first kappa shape index (κ1) is 14.3. The molecular weight excluding hydrogens is 232 g/mol. The fraction of sp³-hybridized carbons (Fsp3) is 0.500. The summed E-state index contributed by atoms with van der Waals surface area (Å²) in [6.07, 6.45) is 2.22. The first-order chi connectivity index (χ1) is 8.27. The predicted octanol–water partition coefficient (Wildman–Crippen LogP) is 3.20. The van der Waals surface area contributed by atoms with Crippen molar-refractivity contribution in [2.24, 2.45) is 0 Å². The zero-order chi connectivity index (χ0) is 12.5. The SMILES string of the molecule is CCCc1ccc(C(=O)CSCCOC)cc1. The molecule has 0 bridgehead atoms. The van der Waals surface area contributed by atoms with Crippen molar-refractivity contribution in [3.05, 3.63) is 35.4 Å². The van der Waals surface area contributed by atoms with Crippen LogP contribution in [-0.2, 0) is 11.2 Å². The maximum absolute atomic E-state index is 11.8. The van der Waals surface area contributed by atoms with E-state index in [4.69, 9.17) is 4.74 Å². The van der Waals surface area contributed by atoms with Gasteiger partial charge in [-0.05, 0) is 12.0 Å². The van der Waals surface area contributed by atoms with E-state index < -0.39 is 0 Å². The Balaban J connectivity index is 2.40. The number of hydrogen-bond donors (Lipinski definition) is 0. The highest BCUT2D eigenvalue weighted by Crippen LogP contribution is 2.10. The molecule has 0 radical (unpaired) electrons. The maximum Gasteiger partial charge on any atom is 0.172 e. The average Bonchev–Trinajstić information content (AvgIpc) is 2.36. The Morgan fingerprint density at radius 3 is 2.59 bits per heavy atom. The summed E-state index contributed by atoms with van der Waals surface area (Å²) in [4.78, 5) is 11.8. The van der Waals surface area contributed by atoms with Gasteiger partial charge in [0.25, 0.3) is 0 Å². The quantitative estimate of drug-likeness (QED) is 0.525. The minimum Gasteiger partial charge on any atom is -0.384 e. The van der Waals surface area contributed by atoms with Crippen molar-refractivity contribution in [3.8, 4) is 0 Å². The van der Waals surface area contributed by atoms with Crippen molar-refractivity contribution in [2.75, 3.05) is 25.2 Å². The van der Waals surface area contributed by atoms with Crippen molar-refractivity contribution in [1.82, 2.24) is 0 Å². The van der Waals surface area contributed by atoms with Gasteiger partial charge in [0.15, 0.2) is 5.78 Å². The van der Waals surface area contributed by atoms with Crippen LogP contribution in [0.4, 0.5) is 0 Å². The van der Waals surface area contributed by atoms with Crippen LogP contribution in [-0.4, -0.2) is 31.0 Å². The van der Waals surface area contributed by atoms with Crippen molar-refractivity contribution >= 4 is 17.5 Å². The number of ketones is 1. The minimum atomic E-state index is 0.203. The third-order valence-electron chi connectivity index (χ3n) is 2.48. The Kier molecular flexibility index (Phi) is 6.97. The molecular formula is C14H20O2S. The molecule has 17 heavy (non-hydrogen) atoms. The fourth-order valence-corrected chi connectivity index (χ4v) is 2.32. The van der Waals surface area contributed by atoms with E-state index >= 15 is 0 Å². The van der Waals surface area contributed by atoms with Gasteiger partial charge in [-0.25, -0.2) is 0 Å². The highest BCUT2D eigenvalue weighted by atomic mass is 32.2. The molecule has 0 aliphatic carbocycles. The number of ether oxygens (including phenoxy) is 1. The van der Waals surface area contributed by atoms with Crippen LogP contribution in [0, 0.1) is 0 Å². The van der Waals surface area contributed by atoms with Crippen LogP contribution >= 0.6 is 11.8 Å². The van der Waals surface area contributed by atoms with Crippen molar-refractivity contribution in [2.45, 2.75) is 19.8 Å². The van der Waals surface area contributed by atoms with E-state index in [-0.39, 0.29) is 5.78 Å². The third kappa shape index (κ3) is 5.37. The van der Waals surface area contributed by atoms with E-state index in [0.717, 1.165) is 24.2 Å². The molecule has 2 nitrogen and oxygen atoms in total. The van der Waals surface area contributed by atoms with Crippen molar-refractivity contribution in [1.29, 1.82) is 0 Å². The molecule has 0 N–H and O–H groups in total. The molecule has 0 heterocycles. The van der Waals surface area contributed by atoms with Crippen LogP contribution in [0.1, 0.15) is 29.3 Å². The minimum absolute atomic E-state index is 0.203. The number of methoxy groups -OCH3 is 1. The van der Waals surface area contributed by atoms with Gasteiger partial charge in [-0.1, -0.05) is 37.6 Å². The van der Waals surface area contributed by atoms with Crippen LogP contribution in [0.5, 0.6) is 0 Å². The summed E-state index contributed by atoms with van der Waals surface area (Å²) in [5.74, 6) is 1.61. The number of rotatable bonds is 8. The fourth-order valence-electron chi connectivity index (χ4n) is 1.54. The van der Waals surface area contributed by atoms with Gasteiger partial charge >= 0.3 is 0 Å². The summed E-state index contributed by atoms with van der Waals surface area (Å²) < 4.78 is 4.94. The number of thioether (sulfide) groups is 1. The number of carbonyl (C=O) groups is 1. The lowest BCUT2D eigenvalue weighted by Gasteiger charge is -2.03. The van der Waals surface area contributed by atoms with Gasteiger partial charge in [0.1, 0.15) is 0 Å². The number of hydrogen-bond acceptors (Lipinski definition) is 3. The van der Waals surface area contributed by atoms with Crippen LogP contribution in [0.15, 0.2) is 24.3 Å². The molecule has 0 amide bonds. The summed E-state index contributed by atoms with van der Waals surface area (Å²) >= 11 is 1.62. The molecule has 0 atom stereocenters. The Bertz CT molecular complexity index is 333. The normalized spacial score (nSPS) is 10.5. The zero-order valence-corrected chi connectivity index (χ0v) is 11.4. The molecule has 0 aliphatic rings. The Morgan fingerprint density at radius 2 is 2.00 bits per heavy atom. The van der Waals surface area contributed by atoms with Gasteiger partial charge in [-0.2, -0.15) is 11.8 Å². The van der Waals surface area contributed by atoms with Gasteiger partial charge in [-0.3, -0.25) is 4.79 Å². The monoisotopic (exact) mass is 252 g/mol. The molecule has 0 aliphatic heterocycles. The topological polar surface area (TPSA) is 26.3 Å². The number of aryl methyl sites for hydroxylation is 1. The number of Topliss-reactive ketones (excluding diaryl/α,β-unsaturated/α-hetero) is 1. The van der Waals surface area contributed by atoms with Gasteiger partial charge in [-0.15, -0.1) is 0 Å². The van der Waals surface area contributed by atoms with Crippen LogP contribution in [0.3, 0.4) is 0 Å². The van der Waals surface area contributed by atoms with Crippen molar-refractivity contribution in [3.63, 3.8) is 0 Å². The number of benzene rings is 1. The Morgan fingerprint density at radius 1 is 1.29 bits per heavy atom.